The van der Waals surface area contributed by atoms with Gasteiger partial charge in [-0.15, -0.1) is 0 Å². The molecule has 0 aliphatic carbocycles. The van der Waals surface area contributed by atoms with Crippen LogP contribution >= 0.6 is 0 Å². The van der Waals surface area contributed by atoms with Gasteiger partial charge in [-0.25, -0.2) is 0 Å². The van der Waals surface area contributed by atoms with Crippen LogP contribution in [0.25, 0.3) is 0 Å². The molecule has 9 heteroatoms. The van der Waals surface area contributed by atoms with Gasteiger partial charge in [-0.05, 0) is 42.2 Å². The number of amides is 1. The zero-order valence-corrected chi connectivity index (χ0v) is 16.8. The number of hydrogen-bond donors (Lipinski definition) is 1. The topological polar surface area (TPSA) is 75.0 Å². The van der Waals surface area contributed by atoms with Crippen molar-refractivity contribution in [1.29, 1.82) is 0 Å². The zero-order chi connectivity index (χ0) is 22.1. The average molecular weight is 421 g/mol. The van der Waals surface area contributed by atoms with Crippen LogP contribution in [0.15, 0.2) is 47.8 Å². The van der Waals surface area contributed by atoms with E-state index < -0.39 is 30.8 Å². The van der Waals surface area contributed by atoms with Gasteiger partial charge in [-0.1, -0.05) is 26.0 Å². The Labute approximate surface area is 172 Å². The number of hydrazone groups is 1. The zero-order valence-electron chi connectivity index (χ0n) is 16.8. The van der Waals surface area contributed by atoms with Gasteiger partial charge in [0.15, 0.2) is 6.61 Å². The fourth-order valence-corrected chi connectivity index (χ4v) is 3.18. The summed E-state index contributed by atoms with van der Waals surface area (Å²) in [5.74, 6) is -0.604. The van der Waals surface area contributed by atoms with Crippen molar-refractivity contribution in [3.63, 3.8) is 0 Å². The first-order chi connectivity index (χ1) is 14.0. The third-order valence-corrected chi connectivity index (χ3v) is 4.83. The Balaban J connectivity index is 1.87. The summed E-state index contributed by atoms with van der Waals surface area (Å²) in [6.07, 6.45) is -3.20. The molecule has 2 aromatic rings. The first kappa shape index (κ1) is 21.8. The van der Waals surface area contributed by atoms with Crippen LogP contribution in [0.4, 0.5) is 13.2 Å². The second-order valence-electron chi connectivity index (χ2n) is 7.46. The van der Waals surface area contributed by atoms with Crippen LogP contribution in [0, 0.1) is 6.92 Å². The van der Waals surface area contributed by atoms with Crippen LogP contribution in [-0.4, -0.2) is 45.2 Å². The molecule has 1 aromatic heterocycles. The number of pyridine rings is 1. The van der Waals surface area contributed by atoms with Gasteiger partial charge in [-0.3, -0.25) is 9.78 Å². The van der Waals surface area contributed by atoms with Crippen LogP contribution in [0.5, 0.6) is 5.75 Å². The maximum Gasteiger partial charge on any atom is 0.438 e. The minimum Gasteiger partial charge on any atom is -0.483 e. The molecular formula is C21H22F3N3O3. The van der Waals surface area contributed by atoms with Crippen LogP contribution in [0.2, 0.25) is 0 Å². The maximum absolute atomic E-state index is 13.7. The highest BCUT2D eigenvalue weighted by Crippen LogP contribution is 2.41. The smallest absolute Gasteiger partial charge is 0.438 e. The standard InChI is InChI=1S/C21H22F3N3O3/c1-13(2)16-5-4-14(3)10-18(16)30-12-19(28)27-20(29,21(22,23)24)11-17(26-27)15-6-8-25-9-7-15/h4-10,13,29H,11-12H2,1-3H3/t20-/m0/s1. The summed E-state index contributed by atoms with van der Waals surface area (Å²) in [5, 5.41) is 14.2. The number of carbonyl (C=O) groups excluding carboxylic acids is 1. The van der Waals surface area contributed by atoms with Crippen molar-refractivity contribution in [2.45, 2.75) is 45.0 Å². The number of rotatable bonds is 5. The van der Waals surface area contributed by atoms with E-state index in [1.54, 1.807) is 6.07 Å². The molecule has 1 aromatic carbocycles. The van der Waals surface area contributed by atoms with Crippen LogP contribution in [0.1, 0.15) is 42.9 Å². The third kappa shape index (κ3) is 4.16. The molecule has 2 heterocycles. The predicted molar refractivity (Wildman–Crippen MR) is 104 cm³/mol. The molecule has 0 unspecified atom stereocenters. The Bertz CT molecular complexity index is 961. The molecular weight excluding hydrogens is 399 g/mol. The summed E-state index contributed by atoms with van der Waals surface area (Å²) in [5.41, 5.74) is -1.47. The first-order valence-electron chi connectivity index (χ1n) is 9.36. The van der Waals surface area contributed by atoms with E-state index in [9.17, 15) is 23.1 Å². The van der Waals surface area contributed by atoms with Crippen molar-refractivity contribution in [2.75, 3.05) is 6.61 Å². The van der Waals surface area contributed by atoms with E-state index in [-0.39, 0.29) is 16.6 Å². The number of halogens is 3. The summed E-state index contributed by atoms with van der Waals surface area (Å²) in [6, 6.07) is 8.37. The van der Waals surface area contributed by atoms with Gasteiger partial charge >= 0.3 is 6.18 Å². The van der Waals surface area contributed by atoms with Crippen molar-refractivity contribution >= 4 is 11.6 Å². The number of aryl methyl sites for hydroxylation is 1. The van der Waals surface area contributed by atoms with Crippen molar-refractivity contribution in [2.24, 2.45) is 5.10 Å². The highest BCUT2D eigenvalue weighted by molar-refractivity contribution is 6.03. The number of ether oxygens (including phenoxy) is 1. The minimum absolute atomic E-state index is 0.0657. The molecule has 30 heavy (non-hydrogen) atoms. The number of carbonyl (C=O) groups is 1. The molecule has 3 rings (SSSR count). The minimum atomic E-state index is -5.10. The molecule has 1 aliphatic heterocycles. The molecule has 0 radical (unpaired) electrons. The molecule has 0 saturated heterocycles. The Hall–Kier alpha value is -2.94. The third-order valence-electron chi connectivity index (χ3n) is 4.83. The number of alkyl halides is 3. The maximum atomic E-state index is 13.7. The van der Waals surface area contributed by atoms with E-state index in [1.165, 1.54) is 24.5 Å². The van der Waals surface area contributed by atoms with Crippen LogP contribution in [0.3, 0.4) is 0 Å². The lowest BCUT2D eigenvalue weighted by Gasteiger charge is -2.32. The summed E-state index contributed by atoms with van der Waals surface area (Å²) in [6.45, 7) is 5.02. The Morgan fingerprint density at radius 3 is 2.53 bits per heavy atom. The van der Waals surface area contributed by atoms with Gasteiger partial charge < -0.3 is 9.84 Å². The van der Waals surface area contributed by atoms with Crippen LogP contribution in [-0.2, 0) is 4.79 Å². The summed E-state index contributed by atoms with van der Waals surface area (Å²) < 4.78 is 46.5. The van der Waals surface area contributed by atoms with E-state index in [0.717, 1.165) is 11.1 Å². The van der Waals surface area contributed by atoms with Crippen molar-refractivity contribution in [3.8, 4) is 5.75 Å². The average Bonchev–Trinajstić information content (AvgIpc) is 3.05. The molecule has 1 amide bonds. The van der Waals surface area contributed by atoms with E-state index in [4.69, 9.17) is 4.74 Å². The second-order valence-corrected chi connectivity index (χ2v) is 7.46. The monoisotopic (exact) mass is 421 g/mol. The number of benzene rings is 1. The van der Waals surface area contributed by atoms with Gasteiger partial charge in [0, 0.05) is 18.0 Å². The lowest BCUT2D eigenvalue weighted by Crippen LogP contribution is -2.57. The van der Waals surface area contributed by atoms with Gasteiger partial charge in [0.2, 0.25) is 0 Å². The molecule has 1 N–H and O–H groups in total. The molecule has 0 bridgehead atoms. The number of aliphatic hydroxyl groups is 1. The molecule has 1 atom stereocenters. The molecule has 6 nitrogen and oxygen atoms in total. The highest BCUT2D eigenvalue weighted by Gasteiger charge is 2.63. The van der Waals surface area contributed by atoms with Gasteiger partial charge in [0.1, 0.15) is 5.75 Å². The van der Waals surface area contributed by atoms with E-state index in [0.29, 0.717) is 11.3 Å². The first-order valence-corrected chi connectivity index (χ1v) is 9.36. The summed E-state index contributed by atoms with van der Waals surface area (Å²) in [4.78, 5) is 16.5. The van der Waals surface area contributed by atoms with Crippen molar-refractivity contribution in [3.05, 3.63) is 59.4 Å². The van der Waals surface area contributed by atoms with Gasteiger partial charge in [0.25, 0.3) is 11.6 Å². The largest absolute Gasteiger partial charge is 0.483 e. The Kier molecular flexibility index (Phi) is 5.85. The number of nitrogens with zero attached hydrogens (tertiary/aromatic N) is 3. The fourth-order valence-electron chi connectivity index (χ4n) is 3.18. The fraction of sp³-hybridized carbons (Fsp3) is 0.381. The molecule has 1 aliphatic rings. The van der Waals surface area contributed by atoms with Crippen LogP contribution < -0.4 is 4.74 Å². The molecule has 0 spiro atoms. The molecule has 0 fully saturated rings. The van der Waals surface area contributed by atoms with E-state index >= 15 is 0 Å². The normalized spacial score (nSPS) is 19.2. The quantitative estimate of drug-likeness (QED) is 0.797. The van der Waals surface area contributed by atoms with Crippen molar-refractivity contribution < 1.29 is 27.8 Å². The van der Waals surface area contributed by atoms with Gasteiger partial charge in [0.05, 0.1) is 12.1 Å². The lowest BCUT2D eigenvalue weighted by molar-refractivity contribution is -0.302. The SMILES string of the molecule is Cc1ccc(C(C)C)c(OCC(=O)N2N=C(c3ccncc3)C[C@]2(O)C(F)(F)F)c1. The highest BCUT2D eigenvalue weighted by atomic mass is 19.4. The molecule has 0 saturated carbocycles. The number of aromatic nitrogens is 1. The van der Waals surface area contributed by atoms with E-state index in [1.807, 2.05) is 32.9 Å². The summed E-state index contributed by atoms with van der Waals surface area (Å²) >= 11 is 0. The second kappa shape index (κ2) is 8.06. The molecule has 160 valence electrons. The lowest BCUT2D eigenvalue weighted by atomic mass is 10.0. The van der Waals surface area contributed by atoms with Gasteiger partial charge in [-0.2, -0.15) is 23.3 Å². The number of hydrogen-bond acceptors (Lipinski definition) is 5. The van der Waals surface area contributed by atoms with E-state index in [2.05, 4.69) is 10.1 Å². The van der Waals surface area contributed by atoms with Crippen molar-refractivity contribution in [1.82, 2.24) is 9.99 Å². The Morgan fingerprint density at radius 2 is 1.93 bits per heavy atom. The summed E-state index contributed by atoms with van der Waals surface area (Å²) in [7, 11) is 0. The Morgan fingerprint density at radius 1 is 1.27 bits per heavy atom. The predicted octanol–water partition coefficient (Wildman–Crippen LogP) is 3.78.